The molecule has 2 amide bonds. The van der Waals surface area contributed by atoms with E-state index in [0.29, 0.717) is 21.2 Å². The van der Waals surface area contributed by atoms with E-state index in [1.54, 1.807) is 62.4 Å². The highest BCUT2D eigenvalue weighted by Crippen LogP contribution is 2.30. The van der Waals surface area contributed by atoms with Crippen LogP contribution in [-0.4, -0.2) is 38.8 Å². The van der Waals surface area contributed by atoms with Gasteiger partial charge in [-0.25, -0.2) is 0 Å². The number of hydrogen-bond donors (Lipinski definition) is 5. The molecular formula is C28H29Cl2N3O5. The van der Waals surface area contributed by atoms with Crippen LogP contribution in [0.25, 0.3) is 6.08 Å². The minimum Gasteiger partial charge on any atom is -0.494 e. The zero-order chi connectivity index (χ0) is 28.0. The van der Waals surface area contributed by atoms with Crippen LogP contribution < -0.4 is 10.6 Å². The second-order valence-electron chi connectivity index (χ2n) is 9.16. The summed E-state index contributed by atoms with van der Waals surface area (Å²) in [5.41, 5.74) is 1.49. The molecule has 38 heavy (non-hydrogen) atoms. The minimum absolute atomic E-state index is 0.0816. The molecule has 0 saturated heterocycles. The zero-order valence-electron chi connectivity index (χ0n) is 21.1. The van der Waals surface area contributed by atoms with E-state index in [1.165, 1.54) is 13.0 Å². The lowest BCUT2D eigenvalue weighted by Gasteiger charge is -2.24. The molecule has 10 heteroatoms. The molecule has 1 heterocycles. The van der Waals surface area contributed by atoms with E-state index in [0.717, 1.165) is 0 Å². The summed E-state index contributed by atoms with van der Waals surface area (Å²) < 4.78 is 0. The third kappa shape index (κ3) is 7.18. The molecule has 200 valence electrons. The first-order chi connectivity index (χ1) is 18.0. The van der Waals surface area contributed by atoms with Crippen molar-refractivity contribution >= 4 is 46.9 Å². The van der Waals surface area contributed by atoms with Crippen LogP contribution in [0.5, 0.6) is 11.8 Å². The van der Waals surface area contributed by atoms with E-state index in [2.05, 4.69) is 15.6 Å². The number of H-pyrrole nitrogens is 1. The van der Waals surface area contributed by atoms with Gasteiger partial charge < -0.3 is 20.8 Å². The van der Waals surface area contributed by atoms with E-state index in [4.69, 9.17) is 23.2 Å². The summed E-state index contributed by atoms with van der Waals surface area (Å²) in [7, 11) is 0. The van der Waals surface area contributed by atoms with Crippen molar-refractivity contribution in [3.05, 3.63) is 86.9 Å². The van der Waals surface area contributed by atoms with E-state index in [9.17, 15) is 24.6 Å². The molecule has 0 aliphatic carbocycles. The third-order valence-corrected chi connectivity index (χ3v) is 6.73. The molecule has 0 saturated carbocycles. The Morgan fingerprint density at radius 3 is 2.24 bits per heavy atom. The van der Waals surface area contributed by atoms with Crippen molar-refractivity contribution in [1.29, 1.82) is 0 Å². The van der Waals surface area contributed by atoms with E-state index in [1.807, 2.05) is 6.07 Å². The Balaban J connectivity index is 1.76. The Morgan fingerprint density at radius 1 is 0.974 bits per heavy atom. The molecule has 2 aromatic carbocycles. The predicted molar refractivity (Wildman–Crippen MR) is 147 cm³/mol. The molecule has 0 radical (unpaired) electrons. The van der Waals surface area contributed by atoms with Gasteiger partial charge in [0.15, 0.2) is 11.7 Å². The Morgan fingerprint density at radius 2 is 1.66 bits per heavy atom. The van der Waals surface area contributed by atoms with E-state index < -0.39 is 35.6 Å². The summed E-state index contributed by atoms with van der Waals surface area (Å²) in [5, 5.41) is 26.2. The van der Waals surface area contributed by atoms with Crippen LogP contribution in [0.15, 0.2) is 54.6 Å². The summed E-state index contributed by atoms with van der Waals surface area (Å²) in [6, 6.07) is 12.3. The first-order valence-corrected chi connectivity index (χ1v) is 12.7. The Bertz CT molecular complexity index is 1350. The SMILES string of the molecule is Cc1c(O)[nH]c(O)c1C(=O)[C@@H](NC(=O)C[C@H](NC(=O)C=Cc1ccc(Cl)c(Cl)c1)c1ccccc1)C(C)C. The number of rotatable bonds is 10. The summed E-state index contributed by atoms with van der Waals surface area (Å²) in [5.74, 6) is -2.55. The lowest BCUT2D eigenvalue weighted by molar-refractivity contribution is -0.123. The second kappa shape index (κ2) is 12.7. The molecule has 0 bridgehead atoms. The molecule has 3 aromatic rings. The maximum absolute atomic E-state index is 13.2. The van der Waals surface area contributed by atoms with Crippen molar-refractivity contribution in [2.45, 2.75) is 39.3 Å². The smallest absolute Gasteiger partial charge is 0.244 e. The van der Waals surface area contributed by atoms with E-state index >= 15 is 0 Å². The van der Waals surface area contributed by atoms with Crippen LogP contribution in [0.1, 0.15) is 53.4 Å². The molecule has 0 fully saturated rings. The van der Waals surface area contributed by atoms with Crippen LogP contribution in [0, 0.1) is 12.8 Å². The van der Waals surface area contributed by atoms with Crippen molar-refractivity contribution < 1.29 is 24.6 Å². The van der Waals surface area contributed by atoms with Gasteiger partial charge in [0.25, 0.3) is 0 Å². The quantitative estimate of drug-likeness (QED) is 0.170. The molecule has 0 unspecified atom stereocenters. The van der Waals surface area contributed by atoms with Crippen LogP contribution in [0.3, 0.4) is 0 Å². The summed E-state index contributed by atoms with van der Waals surface area (Å²) >= 11 is 12.0. The van der Waals surface area contributed by atoms with Crippen molar-refractivity contribution in [1.82, 2.24) is 15.6 Å². The van der Waals surface area contributed by atoms with Crippen molar-refractivity contribution in [3.63, 3.8) is 0 Å². The van der Waals surface area contributed by atoms with Crippen LogP contribution >= 0.6 is 23.2 Å². The van der Waals surface area contributed by atoms with Crippen molar-refractivity contribution in [2.75, 3.05) is 0 Å². The summed E-state index contributed by atoms with van der Waals surface area (Å²) in [6.07, 6.45) is 2.77. The number of ketones is 1. The van der Waals surface area contributed by atoms with E-state index in [-0.39, 0.29) is 29.3 Å². The number of carbonyl (C=O) groups is 3. The molecule has 0 aliphatic rings. The summed E-state index contributed by atoms with van der Waals surface area (Å²) in [6.45, 7) is 5.00. The lowest BCUT2D eigenvalue weighted by atomic mass is 9.93. The third-order valence-electron chi connectivity index (χ3n) is 5.99. The normalized spacial score (nSPS) is 12.9. The predicted octanol–water partition coefficient (Wildman–Crippen LogP) is 5.33. The lowest BCUT2D eigenvalue weighted by Crippen LogP contribution is -2.45. The Hall–Kier alpha value is -3.75. The molecule has 1 aromatic heterocycles. The number of halogens is 2. The topological polar surface area (TPSA) is 132 Å². The Kier molecular flexibility index (Phi) is 9.61. The molecule has 0 aliphatic heterocycles. The van der Waals surface area contributed by atoms with Gasteiger partial charge in [-0.1, -0.05) is 73.4 Å². The monoisotopic (exact) mass is 557 g/mol. The Labute approximate surface area is 230 Å². The number of aromatic amines is 1. The maximum Gasteiger partial charge on any atom is 0.244 e. The van der Waals surface area contributed by atoms with Gasteiger partial charge in [-0.3, -0.25) is 19.4 Å². The number of benzene rings is 2. The van der Waals surface area contributed by atoms with Crippen molar-refractivity contribution in [2.24, 2.45) is 5.92 Å². The number of nitrogens with one attached hydrogen (secondary N) is 3. The first-order valence-electron chi connectivity index (χ1n) is 11.9. The second-order valence-corrected chi connectivity index (χ2v) is 9.97. The van der Waals surface area contributed by atoms with Crippen LogP contribution in [0.4, 0.5) is 0 Å². The standard InChI is InChI=1S/C28H29Cl2N3O5/c1-15(2)25(26(36)24-16(3)27(37)33-28(24)38)32-23(35)14-21(18-7-5-4-6-8-18)31-22(34)12-10-17-9-11-19(29)20(30)13-17/h4-13,15,21,25,33,37-38H,14H2,1-3H3,(H,31,34)(H,32,35)/t21-,25-/m0/s1. The van der Waals surface area contributed by atoms with Gasteiger partial charge in [-0.05, 0) is 42.2 Å². The van der Waals surface area contributed by atoms with Crippen LogP contribution in [0.2, 0.25) is 10.0 Å². The fraction of sp³-hybridized carbons (Fsp3) is 0.250. The number of hydrogen-bond acceptors (Lipinski definition) is 5. The molecule has 0 spiro atoms. The van der Waals surface area contributed by atoms with Gasteiger partial charge >= 0.3 is 0 Å². The highest BCUT2D eigenvalue weighted by molar-refractivity contribution is 6.42. The van der Waals surface area contributed by atoms with Gasteiger partial charge in [0.2, 0.25) is 17.7 Å². The van der Waals surface area contributed by atoms with Gasteiger partial charge in [0, 0.05) is 11.6 Å². The number of aromatic hydroxyl groups is 2. The highest BCUT2D eigenvalue weighted by atomic mass is 35.5. The summed E-state index contributed by atoms with van der Waals surface area (Å²) in [4.78, 5) is 41.3. The zero-order valence-corrected chi connectivity index (χ0v) is 22.6. The molecule has 2 atom stereocenters. The van der Waals surface area contributed by atoms with Gasteiger partial charge in [-0.15, -0.1) is 0 Å². The molecular weight excluding hydrogens is 529 g/mol. The average Bonchev–Trinajstić information content (AvgIpc) is 3.13. The van der Waals surface area contributed by atoms with Crippen molar-refractivity contribution in [3.8, 4) is 11.8 Å². The highest BCUT2D eigenvalue weighted by Gasteiger charge is 2.31. The molecule has 3 rings (SSSR count). The fourth-order valence-corrected chi connectivity index (χ4v) is 4.23. The average molecular weight is 558 g/mol. The maximum atomic E-state index is 13.2. The van der Waals surface area contributed by atoms with Gasteiger partial charge in [0.1, 0.15) is 0 Å². The van der Waals surface area contributed by atoms with Crippen LogP contribution in [-0.2, 0) is 9.59 Å². The number of Topliss-reactive ketones (excluding diaryl/α,β-unsaturated/α-hetero) is 1. The fourth-order valence-electron chi connectivity index (χ4n) is 3.92. The minimum atomic E-state index is -0.969. The first kappa shape index (κ1) is 28.8. The van der Waals surface area contributed by atoms with Gasteiger partial charge in [-0.2, -0.15) is 0 Å². The number of aromatic nitrogens is 1. The largest absolute Gasteiger partial charge is 0.494 e. The molecule has 5 N–H and O–H groups in total. The number of amides is 2. The molecule has 8 nitrogen and oxygen atoms in total. The number of carbonyl (C=O) groups excluding carboxylic acids is 3. The van der Waals surface area contributed by atoms with Gasteiger partial charge in [0.05, 0.1) is 34.1 Å².